The van der Waals surface area contributed by atoms with Gasteiger partial charge in [-0.25, -0.2) is 0 Å². The average Bonchev–Trinajstić information content (AvgIpc) is 2.25. The molecule has 1 atom stereocenters. The molecule has 2 nitrogen and oxygen atoms in total. The highest BCUT2D eigenvalue weighted by Gasteiger charge is 1.99. The Morgan fingerprint density at radius 2 is 2.50 bits per heavy atom. The van der Waals surface area contributed by atoms with Crippen molar-refractivity contribution >= 4 is 0 Å². The molecule has 1 aromatic heterocycles. The largest absolute Gasteiger partial charge is 0.310 e. The zero-order chi connectivity index (χ0) is 10.2. The van der Waals surface area contributed by atoms with E-state index in [0.717, 1.165) is 19.4 Å². The number of aromatic nitrogens is 1. The molecule has 1 rings (SSSR count). The van der Waals surface area contributed by atoms with Gasteiger partial charge in [-0.15, -0.1) is 6.58 Å². The fourth-order valence-electron chi connectivity index (χ4n) is 1.26. The van der Waals surface area contributed by atoms with Crippen LogP contribution in [0.2, 0.25) is 0 Å². The molecule has 0 spiro atoms. The first-order valence-electron chi connectivity index (χ1n) is 5.06. The summed E-state index contributed by atoms with van der Waals surface area (Å²) in [4.78, 5) is 4.07. The van der Waals surface area contributed by atoms with Crippen LogP contribution >= 0.6 is 0 Å². The van der Waals surface area contributed by atoms with Crippen molar-refractivity contribution in [1.82, 2.24) is 10.3 Å². The number of nitrogens with zero attached hydrogens (tertiary/aromatic N) is 1. The van der Waals surface area contributed by atoms with Crippen LogP contribution < -0.4 is 5.32 Å². The maximum atomic E-state index is 4.07. The Bertz CT molecular complexity index is 256. The van der Waals surface area contributed by atoms with Gasteiger partial charge in [0.1, 0.15) is 0 Å². The fraction of sp³-hybridized carbons (Fsp3) is 0.417. The monoisotopic (exact) mass is 190 g/mol. The summed E-state index contributed by atoms with van der Waals surface area (Å²) in [6, 6.07) is 4.58. The van der Waals surface area contributed by atoms with Crippen LogP contribution in [0.25, 0.3) is 0 Å². The van der Waals surface area contributed by atoms with E-state index in [4.69, 9.17) is 0 Å². The minimum Gasteiger partial charge on any atom is -0.310 e. The Morgan fingerprint density at radius 1 is 1.64 bits per heavy atom. The van der Waals surface area contributed by atoms with Gasteiger partial charge < -0.3 is 5.32 Å². The molecular weight excluding hydrogens is 172 g/mol. The van der Waals surface area contributed by atoms with Gasteiger partial charge in [-0.1, -0.05) is 12.1 Å². The first-order valence-corrected chi connectivity index (χ1v) is 5.06. The van der Waals surface area contributed by atoms with Gasteiger partial charge in [0.25, 0.3) is 0 Å². The SMILES string of the molecule is C=CCCC(C)NCc1cccnc1. The molecule has 2 heteroatoms. The lowest BCUT2D eigenvalue weighted by atomic mass is 10.1. The number of rotatable bonds is 6. The highest BCUT2D eigenvalue weighted by Crippen LogP contribution is 2.00. The standard InChI is InChI=1S/C12H18N2/c1-3-4-6-11(2)14-10-12-7-5-8-13-9-12/h3,5,7-9,11,14H,1,4,6,10H2,2H3. The molecule has 14 heavy (non-hydrogen) atoms. The quantitative estimate of drug-likeness (QED) is 0.697. The summed E-state index contributed by atoms with van der Waals surface area (Å²) in [5.74, 6) is 0. The molecule has 0 aliphatic heterocycles. The smallest absolute Gasteiger partial charge is 0.0312 e. The second-order valence-corrected chi connectivity index (χ2v) is 3.51. The van der Waals surface area contributed by atoms with Gasteiger partial charge in [-0.3, -0.25) is 4.98 Å². The summed E-state index contributed by atoms with van der Waals surface area (Å²) >= 11 is 0. The van der Waals surface area contributed by atoms with Crippen LogP contribution in [0.1, 0.15) is 25.3 Å². The molecule has 1 heterocycles. The summed E-state index contributed by atoms with van der Waals surface area (Å²) in [5.41, 5.74) is 1.23. The van der Waals surface area contributed by atoms with Crippen molar-refractivity contribution in [3.63, 3.8) is 0 Å². The average molecular weight is 190 g/mol. The lowest BCUT2D eigenvalue weighted by Gasteiger charge is -2.12. The van der Waals surface area contributed by atoms with E-state index in [9.17, 15) is 0 Å². The van der Waals surface area contributed by atoms with Gasteiger partial charge in [-0.2, -0.15) is 0 Å². The van der Waals surface area contributed by atoms with Crippen LogP contribution in [0, 0.1) is 0 Å². The summed E-state index contributed by atoms with van der Waals surface area (Å²) in [6.45, 7) is 6.80. The van der Waals surface area contributed by atoms with E-state index in [1.807, 2.05) is 18.3 Å². The molecule has 1 unspecified atom stereocenters. The van der Waals surface area contributed by atoms with Crippen molar-refractivity contribution in [2.45, 2.75) is 32.4 Å². The van der Waals surface area contributed by atoms with Crippen LogP contribution in [-0.2, 0) is 6.54 Å². The van der Waals surface area contributed by atoms with E-state index in [1.54, 1.807) is 6.20 Å². The normalized spacial score (nSPS) is 12.4. The van der Waals surface area contributed by atoms with Crippen LogP contribution in [-0.4, -0.2) is 11.0 Å². The zero-order valence-corrected chi connectivity index (χ0v) is 8.74. The summed E-state index contributed by atoms with van der Waals surface area (Å²) in [7, 11) is 0. The van der Waals surface area contributed by atoms with Crippen molar-refractivity contribution in [3.05, 3.63) is 42.7 Å². The second-order valence-electron chi connectivity index (χ2n) is 3.51. The molecule has 0 aliphatic carbocycles. The third-order valence-electron chi connectivity index (χ3n) is 2.18. The first-order chi connectivity index (χ1) is 6.83. The van der Waals surface area contributed by atoms with Crippen LogP contribution in [0.4, 0.5) is 0 Å². The second kappa shape index (κ2) is 6.33. The molecule has 76 valence electrons. The summed E-state index contributed by atoms with van der Waals surface area (Å²) in [5, 5.41) is 3.45. The highest BCUT2D eigenvalue weighted by atomic mass is 14.9. The van der Waals surface area contributed by atoms with Gasteiger partial charge >= 0.3 is 0 Å². The zero-order valence-electron chi connectivity index (χ0n) is 8.74. The van der Waals surface area contributed by atoms with E-state index < -0.39 is 0 Å². The van der Waals surface area contributed by atoms with E-state index in [-0.39, 0.29) is 0 Å². The minimum absolute atomic E-state index is 0.535. The minimum atomic E-state index is 0.535. The molecule has 0 radical (unpaired) electrons. The number of nitrogens with one attached hydrogen (secondary N) is 1. The molecule has 0 fully saturated rings. The third kappa shape index (κ3) is 4.19. The molecule has 1 aromatic rings. The van der Waals surface area contributed by atoms with E-state index in [0.29, 0.717) is 6.04 Å². The van der Waals surface area contributed by atoms with Gasteiger partial charge in [0, 0.05) is 25.0 Å². The molecule has 0 amide bonds. The van der Waals surface area contributed by atoms with Gasteiger partial charge in [0.15, 0.2) is 0 Å². The van der Waals surface area contributed by atoms with Crippen molar-refractivity contribution in [3.8, 4) is 0 Å². The molecular formula is C12H18N2. The maximum Gasteiger partial charge on any atom is 0.0312 e. The maximum absolute atomic E-state index is 4.07. The highest BCUT2D eigenvalue weighted by molar-refractivity contribution is 5.07. The Morgan fingerprint density at radius 3 is 3.14 bits per heavy atom. The van der Waals surface area contributed by atoms with E-state index in [1.165, 1.54) is 5.56 Å². The molecule has 0 saturated heterocycles. The number of pyridine rings is 1. The Balaban J connectivity index is 2.23. The Labute approximate surface area is 86.1 Å². The predicted molar refractivity (Wildman–Crippen MR) is 60.0 cm³/mol. The lowest BCUT2D eigenvalue weighted by molar-refractivity contribution is 0.517. The van der Waals surface area contributed by atoms with Crippen molar-refractivity contribution < 1.29 is 0 Å². The molecule has 0 bridgehead atoms. The van der Waals surface area contributed by atoms with Gasteiger partial charge in [0.2, 0.25) is 0 Å². The van der Waals surface area contributed by atoms with Crippen LogP contribution in [0.5, 0.6) is 0 Å². The fourth-order valence-corrected chi connectivity index (χ4v) is 1.26. The summed E-state index contributed by atoms with van der Waals surface area (Å²) in [6.07, 6.45) is 7.87. The van der Waals surface area contributed by atoms with Gasteiger partial charge in [-0.05, 0) is 31.4 Å². The van der Waals surface area contributed by atoms with Crippen molar-refractivity contribution in [2.24, 2.45) is 0 Å². The molecule has 1 N–H and O–H groups in total. The summed E-state index contributed by atoms with van der Waals surface area (Å²) < 4.78 is 0. The molecule has 0 aromatic carbocycles. The van der Waals surface area contributed by atoms with Gasteiger partial charge in [0.05, 0.1) is 0 Å². The van der Waals surface area contributed by atoms with E-state index in [2.05, 4.69) is 29.9 Å². The van der Waals surface area contributed by atoms with Crippen molar-refractivity contribution in [1.29, 1.82) is 0 Å². The number of hydrogen-bond donors (Lipinski definition) is 1. The third-order valence-corrected chi connectivity index (χ3v) is 2.18. The molecule has 0 aliphatic rings. The number of hydrogen-bond acceptors (Lipinski definition) is 2. The lowest BCUT2D eigenvalue weighted by Crippen LogP contribution is -2.25. The van der Waals surface area contributed by atoms with Crippen molar-refractivity contribution in [2.75, 3.05) is 0 Å². The van der Waals surface area contributed by atoms with E-state index >= 15 is 0 Å². The predicted octanol–water partition coefficient (Wildman–Crippen LogP) is 2.53. The van der Waals surface area contributed by atoms with Crippen LogP contribution in [0.15, 0.2) is 37.2 Å². The first kappa shape index (κ1) is 10.9. The Hall–Kier alpha value is -1.15. The Kier molecular flexibility index (Phi) is 4.94. The molecule has 0 saturated carbocycles. The van der Waals surface area contributed by atoms with Crippen LogP contribution in [0.3, 0.4) is 0 Å². The topological polar surface area (TPSA) is 24.9 Å². The number of allylic oxidation sites excluding steroid dienone is 1.